The Labute approximate surface area is 90.8 Å². The number of aryl methyl sites for hydroxylation is 1. The summed E-state index contributed by atoms with van der Waals surface area (Å²) in [5, 5.41) is 9.63. The lowest BCUT2D eigenvalue weighted by Gasteiger charge is -2.07. The molecule has 3 nitrogen and oxygen atoms in total. The third-order valence-electron chi connectivity index (χ3n) is 1.88. The Hall–Kier alpha value is -1.03. The second kappa shape index (κ2) is 5.00. The molecule has 1 rings (SSSR count). The topological polar surface area (TPSA) is 46.5 Å². The third kappa shape index (κ3) is 2.48. The number of phenols is 1. The average Bonchev–Trinajstić information content (AvgIpc) is 2.20. The molecule has 0 fully saturated rings. The van der Waals surface area contributed by atoms with E-state index in [0.29, 0.717) is 28.6 Å². The quantitative estimate of drug-likeness (QED) is 0.844. The molecule has 1 N–H and O–H groups in total. The number of phenolic OH excluding ortho intramolecular Hbond substituents is 1. The molecule has 0 atom stereocenters. The summed E-state index contributed by atoms with van der Waals surface area (Å²) in [5.74, 6) is 0.836. The highest BCUT2D eigenvalue weighted by Gasteiger charge is 2.07. The van der Waals surface area contributed by atoms with Crippen LogP contribution in [0.15, 0.2) is 16.6 Å². The lowest BCUT2D eigenvalue weighted by molar-refractivity contribution is -0.107. The van der Waals surface area contributed by atoms with Crippen molar-refractivity contribution in [1.29, 1.82) is 0 Å². The number of aldehydes is 1. The first-order chi connectivity index (χ1) is 6.69. The van der Waals surface area contributed by atoms with E-state index in [4.69, 9.17) is 4.74 Å². The van der Waals surface area contributed by atoms with Gasteiger partial charge < -0.3 is 14.6 Å². The predicted octanol–water partition coefficient (Wildman–Crippen LogP) is 2.29. The van der Waals surface area contributed by atoms with E-state index in [1.807, 2.05) is 0 Å². The number of hydrogen-bond donors (Lipinski definition) is 1. The number of methoxy groups -OCH3 is 1. The molecule has 0 unspecified atom stereocenters. The zero-order valence-electron chi connectivity index (χ0n) is 7.79. The van der Waals surface area contributed by atoms with Crippen LogP contribution in [0.2, 0.25) is 0 Å². The minimum Gasteiger partial charge on any atom is -0.506 e. The Morgan fingerprint density at radius 2 is 2.29 bits per heavy atom. The third-order valence-corrected chi connectivity index (χ3v) is 2.49. The van der Waals surface area contributed by atoms with E-state index < -0.39 is 0 Å². The fraction of sp³-hybridized carbons (Fsp3) is 0.300. The zero-order chi connectivity index (χ0) is 10.6. The molecular formula is C10H11BrO3. The molecule has 14 heavy (non-hydrogen) atoms. The number of rotatable bonds is 4. The lowest BCUT2D eigenvalue weighted by atomic mass is 10.1. The standard InChI is InChI=1S/C10H11BrO3/c1-14-8-5-7(3-2-4-12)10(13)9(11)6-8/h4-6,13H,2-3H2,1H3. The summed E-state index contributed by atoms with van der Waals surface area (Å²) in [6, 6.07) is 3.41. The Morgan fingerprint density at radius 3 is 2.86 bits per heavy atom. The Balaban J connectivity index is 3.00. The fourth-order valence-corrected chi connectivity index (χ4v) is 1.63. The molecule has 0 bridgehead atoms. The van der Waals surface area contributed by atoms with Crippen molar-refractivity contribution in [2.75, 3.05) is 7.11 Å². The molecule has 1 aromatic rings. The van der Waals surface area contributed by atoms with Crippen LogP contribution in [0.25, 0.3) is 0 Å². The van der Waals surface area contributed by atoms with Crippen molar-refractivity contribution in [2.24, 2.45) is 0 Å². The fourth-order valence-electron chi connectivity index (χ4n) is 1.15. The van der Waals surface area contributed by atoms with Gasteiger partial charge in [0.2, 0.25) is 0 Å². The number of carbonyl (C=O) groups excluding carboxylic acids is 1. The predicted molar refractivity (Wildman–Crippen MR) is 56.7 cm³/mol. The minimum absolute atomic E-state index is 0.174. The smallest absolute Gasteiger partial charge is 0.133 e. The van der Waals surface area contributed by atoms with Crippen LogP contribution in [0.4, 0.5) is 0 Å². The minimum atomic E-state index is 0.174. The normalized spacial score (nSPS) is 9.86. The van der Waals surface area contributed by atoms with E-state index in [9.17, 15) is 9.90 Å². The van der Waals surface area contributed by atoms with Gasteiger partial charge in [-0.25, -0.2) is 0 Å². The van der Waals surface area contributed by atoms with Crippen molar-refractivity contribution in [3.63, 3.8) is 0 Å². The summed E-state index contributed by atoms with van der Waals surface area (Å²) in [4.78, 5) is 10.2. The number of ether oxygens (including phenoxy) is 1. The van der Waals surface area contributed by atoms with Gasteiger partial charge >= 0.3 is 0 Å². The number of halogens is 1. The van der Waals surface area contributed by atoms with Gasteiger partial charge in [0, 0.05) is 6.42 Å². The van der Waals surface area contributed by atoms with Gasteiger partial charge in [0.15, 0.2) is 0 Å². The molecular weight excluding hydrogens is 248 g/mol. The highest BCUT2D eigenvalue weighted by Crippen LogP contribution is 2.33. The molecule has 0 saturated carbocycles. The second-order valence-corrected chi connectivity index (χ2v) is 3.68. The van der Waals surface area contributed by atoms with Crippen molar-refractivity contribution in [3.05, 3.63) is 22.2 Å². The summed E-state index contributed by atoms with van der Waals surface area (Å²) < 4.78 is 5.62. The first kappa shape index (κ1) is 11.0. The van der Waals surface area contributed by atoms with Crippen molar-refractivity contribution in [2.45, 2.75) is 12.8 Å². The van der Waals surface area contributed by atoms with E-state index in [-0.39, 0.29) is 5.75 Å². The Morgan fingerprint density at radius 1 is 1.57 bits per heavy atom. The Bertz CT molecular complexity index is 336. The SMILES string of the molecule is COc1cc(Br)c(O)c(CCC=O)c1. The number of benzene rings is 1. The zero-order valence-corrected chi connectivity index (χ0v) is 9.37. The van der Waals surface area contributed by atoms with Gasteiger partial charge in [0.25, 0.3) is 0 Å². The molecule has 0 spiro atoms. The van der Waals surface area contributed by atoms with Crippen LogP contribution in [-0.2, 0) is 11.2 Å². The maximum atomic E-state index is 10.2. The van der Waals surface area contributed by atoms with E-state index in [2.05, 4.69) is 15.9 Å². The lowest BCUT2D eigenvalue weighted by Crippen LogP contribution is -1.91. The number of aromatic hydroxyl groups is 1. The monoisotopic (exact) mass is 258 g/mol. The van der Waals surface area contributed by atoms with E-state index in [1.54, 1.807) is 19.2 Å². The van der Waals surface area contributed by atoms with Gasteiger partial charge in [0.1, 0.15) is 17.8 Å². The van der Waals surface area contributed by atoms with Crippen molar-refractivity contribution < 1.29 is 14.6 Å². The molecule has 76 valence electrons. The van der Waals surface area contributed by atoms with Crippen LogP contribution in [0.5, 0.6) is 11.5 Å². The summed E-state index contributed by atoms with van der Waals surface area (Å²) in [6.45, 7) is 0. The van der Waals surface area contributed by atoms with Crippen molar-refractivity contribution in [1.82, 2.24) is 0 Å². The maximum absolute atomic E-state index is 10.2. The molecule has 0 aliphatic heterocycles. The summed E-state index contributed by atoms with van der Waals surface area (Å²) >= 11 is 3.21. The van der Waals surface area contributed by atoms with Gasteiger partial charge in [-0.3, -0.25) is 0 Å². The van der Waals surface area contributed by atoms with Crippen molar-refractivity contribution >= 4 is 22.2 Å². The van der Waals surface area contributed by atoms with Crippen LogP contribution in [-0.4, -0.2) is 18.5 Å². The van der Waals surface area contributed by atoms with Crippen molar-refractivity contribution in [3.8, 4) is 11.5 Å². The molecule has 4 heteroatoms. The van der Waals surface area contributed by atoms with E-state index in [1.165, 1.54) is 0 Å². The molecule has 0 heterocycles. The molecule has 1 aromatic carbocycles. The van der Waals surface area contributed by atoms with E-state index >= 15 is 0 Å². The highest BCUT2D eigenvalue weighted by molar-refractivity contribution is 9.10. The number of hydrogen-bond acceptors (Lipinski definition) is 3. The first-order valence-corrected chi connectivity index (χ1v) is 4.97. The second-order valence-electron chi connectivity index (χ2n) is 2.82. The largest absolute Gasteiger partial charge is 0.506 e. The van der Waals surface area contributed by atoms with Gasteiger partial charge in [0.05, 0.1) is 11.6 Å². The highest BCUT2D eigenvalue weighted by atomic mass is 79.9. The summed E-state index contributed by atoms with van der Waals surface area (Å²) in [6.07, 6.45) is 1.74. The van der Waals surface area contributed by atoms with Crippen LogP contribution in [0, 0.1) is 0 Å². The maximum Gasteiger partial charge on any atom is 0.133 e. The summed E-state index contributed by atoms with van der Waals surface area (Å²) in [5.41, 5.74) is 0.711. The van der Waals surface area contributed by atoms with Gasteiger partial charge in [-0.15, -0.1) is 0 Å². The molecule has 0 aliphatic carbocycles. The first-order valence-electron chi connectivity index (χ1n) is 4.18. The van der Waals surface area contributed by atoms with Crippen LogP contribution >= 0.6 is 15.9 Å². The van der Waals surface area contributed by atoms with Crippen LogP contribution in [0.1, 0.15) is 12.0 Å². The van der Waals surface area contributed by atoms with E-state index in [0.717, 1.165) is 6.29 Å². The molecule has 0 aliphatic rings. The molecule has 0 radical (unpaired) electrons. The van der Waals surface area contributed by atoms with Gasteiger partial charge in [-0.2, -0.15) is 0 Å². The number of carbonyl (C=O) groups is 1. The average molecular weight is 259 g/mol. The molecule has 0 amide bonds. The van der Waals surface area contributed by atoms with Gasteiger partial charge in [-0.1, -0.05) is 0 Å². The molecule has 0 saturated heterocycles. The summed E-state index contributed by atoms with van der Waals surface area (Å²) in [7, 11) is 1.56. The molecule has 0 aromatic heterocycles. The Kier molecular flexibility index (Phi) is 3.95. The van der Waals surface area contributed by atoms with Gasteiger partial charge in [-0.05, 0) is 40.0 Å². The van der Waals surface area contributed by atoms with Crippen LogP contribution in [0.3, 0.4) is 0 Å². The van der Waals surface area contributed by atoms with Crippen LogP contribution < -0.4 is 4.74 Å².